The minimum absolute atomic E-state index is 0.0730. The number of fused-ring (bicyclic) bond motifs is 1. The molecule has 106 valence electrons. The second-order valence-electron chi connectivity index (χ2n) is 4.97. The molecule has 3 rings (SSSR count). The van der Waals surface area contributed by atoms with Crippen LogP contribution in [0.4, 0.5) is 5.69 Å². The Labute approximate surface area is 115 Å². The second-order valence-corrected chi connectivity index (χ2v) is 6.81. The van der Waals surface area contributed by atoms with Gasteiger partial charge < -0.3 is 4.90 Å². The molecule has 7 nitrogen and oxygen atoms in total. The number of aryl methyl sites for hydroxylation is 1. The van der Waals surface area contributed by atoms with E-state index in [1.54, 1.807) is 12.1 Å². The van der Waals surface area contributed by atoms with E-state index in [4.69, 9.17) is 5.14 Å². The third kappa shape index (κ3) is 2.06. The summed E-state index contributed by atoms with van der Waals surface area (Å²) >= 11 is 0. The van der Waals surface area contributed by atoms with E-state index in [1.807, 2.05) is 13.0 Å². The zero-order valence-electron chi connectivity index (χ0n) is 10.8. The van der Waals surface area contributed by atoms with Crippen molar-refractivity contribution in [2.75, 3.05) is 11.4 Å². The van der Waals surface area contributed by atoms with Gasteiger partial charge in [0.15, 0.2) is 0 Å². The Morgan fingerprint density at radius 2 is 2.20 bits per heavy atom. The maximum absolute atomic E-state index is 12.0. The molecule has 1 saturated heterocycles. The molecule has 1 aromatic carbocycles. The SMILES string of the molecule is Cc1[nH]nc2cc(N3CC(S(N)(=O)=O)CC3=O)ccc12. The van der Waals surface area contributed by atoms with Crippen LogP contribution >= 0.6 is 0 Å². The lowest BCUT2D eigenvalue weighted by molar-refractivity contribution is -0.117. The van der Waals surface area contributed by atoms with E-state index in [0.717, 1.165) is 16.6 Å². The number of nitrogens with zero attached hydrogens (tertiary/aromatic N) is 2. The Balaban J connectivity index is 1.97. The summed E-state index contributed by atoms with van der Waals surface area (Å²) in [5.41, 5.74) is 2.33. The number of carbonyl (C=O) groups excluding carboxylic acids is 1. The number of hydrogen-bond donors (Lipinski definition) is 2. The molecule has 1 amide bonds. The van der Waals surface area contributed by atoms with E-state index in [9.17, 15) is 13.2 Å². The molecule has 0 radical (unpaired) electrons. The van der Waals surface area contributed by atoms with Crippen LogP contribution in [0.2, 0.25) is 0 Å². The predicted octanol–water partition coefficient (Wildman–Crippen LogP) is 0.265. The largest absolute Gasteiger partial charge is 0.311 e. The number of nitrogens with one attached hydrogen (secondary N) is 1. The van der Waals surface area contributed by atoms with Crippen molar-refractivity contribution in [3.05, 3.63) is 23.9 Å². The average molecular weight is 294 g/mol. The van der Waals surface area contributed by atoms with E-state index < -0.39 is 15.3 Å². The number of anilines is 1. The number of primary sulfonamides is 1. The van der Waals surface area contributed by atoms with Crippen molar-refractivity contribution in [2.45, 2.75) is 18.6 Å². The van der Waals surface area contributed by atoms with Crippen LogP contribution in [0.25, 0.3) is 10.9 Å². The number of H-pyrrole nitrogens is 1. The van der Waals surface area contributed by atoms with E-state index in [-0.39, 0.29) is 18.9 Å². The quantitative estimate of drug-likeness (QED) is 0.828. The van der Waals surface area contributed by atoms with Gasteiger partial charge in [0.1, 0.15) is 5.25 Å². The fourth-order valence-electron chi connectivity index (χ4n) is 2.45. The van der Waals surface area contributed by atoms with Crippen LogP contribution in [-0.4, -0.2) is 36.3 Å². The number of amides is 1. The van der Waals surface area contributed by atoms with Crippen LogP contribution < -0.4 is 10.0 Å². The van der Waals surface area contributed by atoms with E-state index in [0.29, 0.717) is 5.69 Å². The van der Waals surface area contributed by atoms with Gasteiger partial charge in [0, 0.05) is 29.7 Å². The second kappa shape index (κ2) is 4.29. The number of aromatic nitrogens is 2. The van der Waals surface area contributed by atoms with Gasteiger partial charge >= 0.3 is 0 Å². The molecular formula is C12H14N4O3S. The molecule has 0 bridgehead atoms. The monoisotopic (exact) mass is 294 g/mol. The summed E-state index contributed by atoms with van der Waals surface area (Å²) in [4.78, 5) is 13.4. The van der Waals surface area contributed by atoms with Crippen LogP contribution in [0.3, 0.4) is 0 Å². The number of nitrogens with two attached hydrogens (primary N) is 1. The van der Waals surface area contributed by atoms with Crippen LogP contribution in [0.15, 0.2) is 18.2 Å². The molecule has 1 atom stereocenters. The van der Waals surface area contributed by atoms with E-state index >= 15 is 0 Å². The van der Waals surface area contributed by atoms with Crippen molar-refractivity contribution in [1.82, 2.24) is 10.2 Å². The molecule has 1 aliphatic heterocycles. The molecule has 3 N–H and O–H groups in total. The average Bonchev–Trinajstić information content (AvgIpc) is 2.93. The van der Waals surface area contributed by atoms with Crippen molar-refractivity contribution in [3.8, 4) is 0 Å². The van der Waals surface area contributed by atoms with Gasteiger partial charge in [0.05, 0.1) is 5.52 Å². The fraction of sp³-hybridized carbons (Fsp3) is 0.333. The molecule has 1 aliphatic rings. The maximum atomic E-state index is 12.0. The van der Waals surface area contributed by atoms with Gasteiger partial charge in [0.25, 0.3) is 0 Å². The highest BCUT2D eigenvalue weighted by molar-refractivity contribution is 7.89. The summed E-state index contributed by atoms with van der Waals surface area (Å²) in [5.74, 6) is -0.240. The Bertz CT molecular complexity index is 796. The Morgan fingerprint density at radius 3 is 2.85 bits per heavy atom. The van der Waals surface area contributed by atoms with Crippen LogP contribution in [0.1, 0.15) is 12.1 Å². The summed E-state index contributed by atoms with van der Waals surface area (Å²) in [6, 6.07) is 5.41. The topological polar surface area (TPSA) is 109 Å². The highest BCUT2D eigenvalue weighted by Gasteiger charge is 2.37. The number of benzene rings is 1. The molecule has 1 fully saturated rings. The smallest absolute Gasteiger partial charge is 0.228 e. The van der Waals surface area contributed by atoms with Gasteiger partial charge in [-0.1, -0.05) is 0 Å². The summed E-state index contributed by atoms with van der Waals surface area (Å²) in [6.45, 7) is 2.00. The molecule has 1 aromatic heterocycles. The van der Waals surface area contributed by atoms with Crippen molar-refractivity contribution in [1.29, 1.82) is 0 Å². The van der Waals surface area contributed by atoms with Gasteiger partial charge in [-0.25, -0.2) is 13.6 Å². The predicted molar refractivity (Wildman–Crippen MR) is 74.7 cm³/mol. The first-order valence-corrected chi connectivity index (χ1v) is 7.74. The lowest BCUT2D eigenvalue weighted by Gasteiger charge is -2.16. The molecule has 0 aliphatic carbocycles. The van der Waals surface area contributed by atoms with Crippen molar-refractivity contribution >= 4 is 32.5 Å². The lowest BCUT2D eigenvalue weighted by Crippen LogP contribution is -2.32. The molecule has 0 saturated carbocycles. The van der Waals surface area contributed by atoms with Crippen molar-refractivity contribution < 1.29 is 13.2 Å². The van der Waals surface area contributed by atoms with Gasteiger partial charge in [-0.15, -0.1) is 0 Å². The van der Waals surface area contributed by atoms with E-state index in [2.05, 4.69) is 10.2 Å². The van der Waals surface area contributed by atoms with Gasteiger partial charge in [-0.3, -0.25) is 9.89 Å². The summed E-state index contributed by atoms with van der Waals surface area (Å²) in [7, 11) is -3.70. The first-order valence-electron chi connectivity index (χ1n) is 6.13. The van der Waals surface area contributed by atoms with Crippen LogP contribution in [-0.2, 0) is 14.8 Å². The summed E-state index contributed by atoms with van der Waals surface area (Å²) in [6.07, 6.45) is -0.0730. The maximum Gasteiger partial charge on any atom is 0.228 e. The third-order valence-electron chi connectivity index (χ3n) is 3.60. The minimum atomic E-state index is -3.70. The molecule has 2 aromatic rings. The number of aromatic amines is 1. The molecule has 0 spiro atoms. The van der Waals surface area contributed by atoms with Crippen molar-refractivity contribution in [2.24, 2.45) is 5.14 Å². The number of sulfonamides is 1. The first-order chi connectivity index (χ1) is 9.36. The molecule has 8 heteroatoms. The summed E-state index contributed by atoms with van der Waals surface area (Å²) < 4.78 is 22.7. The van der Waals surface area contributed by atoms with E-state index in [1.165, 1.54) is 4.90 Å². The minimum Gasteiger partial charge on any atom is -0.311 e. The van der Waals surface area contributed by atoms with Gasteiger partial charge in [-0.2, -0.15) is 5.10 Å². The first kappa shape index (κ1) is 13.1. The zero-order chi connectivity index (χ0) is 14.5. The zero-order valence-corrected chi connectivity index (χ0v) is 11.6. The Kier molecular flexibility index (Phi) is 2.80. The summed E-state index contributed by atoms with van der Waals surface area (Å²) in [5, 5.41) is 12.3. The molecular weight excluding hydrogens is 280 g/mol. The standard InChI is InChI=1S/C12H14N4O3S/c1-7-10-3-2-8(4-11(10)15-14-7)16-6-9(5-12(16)17)20(13,18)19/h2-4,9H,5-6H2,1H3,(H,14,15)(H2,13,18,19). The Hall–Kier alpha value is -1.93. The molecule has 2 heterocycles. The highest BCUT2D eigenvalue weighted by Crippen LogP contribution is 2.27. The normalized spacial score (nSPS) is 20.0. The fourth-order valence-corrected chi connectivity index (χ4v) is 3.18. The van der Waals surface area contributed by atoms with Gasteiger partial charge in [-0.05, 0) is 25.1 Å². The van der Waals surface area contributed by atoms with Crippen LogP contribution in [0, 0.1) is 6.92 Å². The Morgan fingerprint density at radius 1 is 1.45 bits per heavy atom. The lowest BCUT2D eigenvalue weighted by atomic mass is 10.2. The molecule has 20 heavy (non-hydrogen) atoms. The number of rotatable bonds is 2. The van der Waals surface area contributed by atoms with Gasteiger partial charge in [0.2, 0.25) is 15.9 Å². The number of hydrogen-bond acceptors (Lipinski definition) is 4. The number of carbonyl (C=O) groups is 1. The van der Waals surface area contributed by atoms with Crippen molar-refractivity contribution in [3.63, 3.8) is 0 Å². The van der Waals surface area contributed by atoms with Crippen LogP contribution in [0.5, 0.6) is 0 Å². The highest BCUT2D eigenvalue weighted by atomic mass is 32.2. The third-order valence-corrected chi connectivity index (χ3v) is 4.84. The molecule has 1 unspecified atom stereocenters.